The first-order chi connectivity index (χ1) is 52.5. The normalized spacial score (nSPS) is 11.8. The molecular formula is C102H66N4. The van der Waals surface area contributed by atoms with Crippen LogP contribution < -0.4 is 0 Å². The highest BCUT2D eigenvalue weighted by Gasteiger charge is 2.20. The molecule has 4 heteroatoms. The Balaban J connectivity index is 0.000000136. The quantitative estimate of drug-likeness (QED) is 0.137. The van der Waals surface area contributed by atoms with Gasteiger partial charge in [0.2, 0.25) is 0 Å². The Bertz CT molecular complexity index is 7010. The minimum absolute atomic E-state index is 1.16. The second kappa shape index (κ2) is 24.9. The van der Waals surface area contributed by atoms with E-state index < -0.39 is 0 Å². The molecule has 0 aliphatic rings. The van der Waals surface area contributed by atoms with Crippen molar-refractivity contribution in [3.63, 3.8) is 0 Å². The summed E-state index contributed by atoms with van der Waals surface area (Å²) in [6.45, 7) is 0. The monoisotopic (exact) mass is 1350 g/mol. The Hall–Kier alpha value is -14.1. The fourth-order valence-corrected chi connectivity index (χ4v) is 16.8. The molecule has 4 aromatic heterocycles. The summed E-state index contributed by atoms with van der Waals surface area (Å²) in [5.74, 6) is 0. The maximum absolute atomic E-state index is 2.42. The summed E-state index contributed by atoms with van der Waals surface area (Å²) in [5.41, 5.74) is 26.4. The van der Waals surface area contributed by atoms with Gasteiger partial charge in [-0.2, -0.15) is 0 Å². The van der Waals surface area contributed by atoms with Crippen LogP contribution in [0.2, 0.25) is 0 Å². The maximum atomic E-state index is 2.42. The van der Waals surface area contributed by atoms with Crippen molar-refractivity contribution >= 4 is 120 Å². The van der Waals surface area contributed by atoms with Crippen LogP contribution in [0.15, 0.2) is 400 Å². The Labute approximate surface area is 612 Å². The second-order valence-electron chi connectivity index (χ2n) is 28.0. The van der Waals surface area contributed by atoms with Gasteiger partial charge < -0.3 is 18.3 Å². The summed E-state index contributed by atoms with van der Waals surface area (Å²) in [4.78, 5) is 0. The van der Waals surface area contributed by atoms with E-state index in [1.165, 1.54) is 192 Å². The molecule has 22 aromatic rings. The molecule has 4 nitrogen and oxygen atoms in total. The lowest BCUT2D eigenvalue weighted by Gasteiger charge is -2.11. The zero-order chi connectivity index (χ0) is 69.8. The standard InChI is InChI=1S/C52H34N2.C50H32N2/c1-2-10-35(11-3-1)37-22-27-43(28-23-37)53-49-16-8-6-14-45(49)47-30-25-41(33-51(47)53)38-18-20-39(21-19-38)42-26-31-48-46-15-7-9-17-50(46)54(52(48)34-42)44-29-24-36-12-4-5-13-40(36)32-44;1-3-11-37-29-41(25-21-33(37)9-1)51-47-15-7-5-13-43(47)45-27-23-39(31-49(45)51)35-17-19-36(20-18-35)40-24-28-46-44-14-6-8-16-48(44)52(50(46)32-40)42-26-22-34-10-2-4-12-38(34)30-42/h1-34H;1-32H. The first kappa shape index (κ1) is 60.7. The van der Waals surface area contributed by atoms with Crippen molar-refractivity contribution in [2.24, 2.45) is 0 Å². The van der Waals surface area contributed by atoms with Crippen molar-refractivity contribution in [1.29, 1.82) is 0 Å². The van der Waals surface area contributed by atoms with Crippen molar-refractivity contribution < 1.29 is 0 Å². The third-order valence-electron chi connectivity index (χ3n) is 22.0. The third-order valence-corrected chi connectivity index (χ3v) is 22.0. The van der Waals surface area contributed by atoms with Crippen LogP contribution >= 0.6 is 0 Å². The SMILES string of the molecule is c1ccc(-c2ccc(-n3c4ccccc4c4ccc(-c5ccc(-c6ccc7c8ccccc8n(-c8ccc9ccccc9c8)c7c6)cc5)cc43)cc2)cc1.c1ccc2cc(-n3c4ccccc4c4ccc(-c5ccc(-c6ccc7c8ccccc8n(-c8ccc9ccccc9c8)c7c6)cc5)cc43)ccc2c1. The van der Waals surface area contributed by atoms with E-state index in [1.54, 1.807) is 0 Å². The van der Waals surface area contributed by atoms with E-state index in [-0.39, 0.29) is 0 Å². The Morgan fingerprint density at radius 2 is 0.321 bits per heavy atom. The lowest BCUT2D eigenvalue weighted by Crippen LogP contribution is -1.94. The van der Waals surface area contributed by atoms with E-state index in [1.807, 2.05) is 0 Å². The summed E-state index contributed by atoms with van der Waals surface area (Å²) >= 11 is 0. The number of hydrogen-bond donors (Lipinski definition) is 0. The lowest BCUT2D eigenvalue weighted by atomic mass is 9.98. The molecule has 0 saturated carbocycles. The van der Waals surface area contributed by atoms with E-state index in [4.69, 9.17) is 0 Å². The van der Waals surface area contributed by atoms with Gasteiger partial charge in [-0.25, -0.2) is 0 Å². The minimum Gasteiger partial charge on any atom is -0.309 e. The maximum Gasteiger partial charge on any atom is 0.0547 e. The molecule has 0 amide bonds. The average Bonchev–Trinajstić information content (AvgIpc) is 1.61. The van der Waals surface area contributed by atoms with Gasteiger partial charge in [-0.3, -0.25) is 0 Å². The topological polar surface area (TPSA) is 19.7 Å². The summed E-state index contributed by atoms with van der Waals surface area (Å²) in [5, 5.41) is 17.6. The van der Waals surface area contributed by atoms with Crippen molar-refractivity contribution in [3.8, 4) is 78.4 Å². The predicted molar refractivity (Wildman–Crippen MR) is 450 cm³/mol. The molecule has 0 aliphatic heterocycles. The average molecular weight is 1350 g/mol. The summed E-state index contributed by atoms with van der Waals surface area (Å²) < 4.78 is 9.65. The molecule has 0 N–H and O–H groups in total. The van der Waals surface area contributed by atoms with Gasteiger partial charge in [-0.15, -0.1) is 0 Å². The summed E-state index contributed by atoms with van der Waals surface area (Å²) in [7, 11) is 0. The van der Waals surface area contributed by atoms with Gasteiger partial charge in [-0.1, -0.05) is 303 Å². The van der Waals surface area contributed by atoms with Crippen LogP contribution in [0, 0.1) is 0 Å². The van der Waals surface area contributed by atoms with Crippen molar-refractivity contribution in [2.75, 3.05) is 0 Å². The van der Waals surface area contributed by atoms with Crippen LogP contribution in [-0.4, -0.2) is 18.3 Å². The van der Waals surface area contributed by atoms with Gasteiger partial charge in [0.25, 0.3) is 0 Å². The largest absolute Gasteiger partial charge is 0.309 e. The van der Waals surface area contributed by atoms with E-state index >= 15 is 0 Å². The number of fused-ring (bicyclic) bond motifs is 15. The first-order valence-corrected chi connectivity index (χ1v) is 36.5. The number of benzene rings is 18. The van der Waals surface area contributed by atoms with E-state index in [2.05, 4.69) is 419 Å². The number of aromatic nitrogens is 4. The highest BCUT2D eigenvalue weighted by atomic mass is 15.0. The van der Waals surface area contributed by atoms with Crippen molar-refractivity contribution in [1.82, 2.24) is 18.3 Å². The fourth-order valence-electron chi connectivity index (χ4n) is 16.8. The van der Waals surface area contributed by atoms with Crippen molar-refractivity contribution in [2.45, 2.75) is 0 Å². The highest BCUT2D eigenvalue weighted by Crippen LogP contribution is 2.42. The lowest BCUT2D eigenvalue weighted by molar-refractivity contribution is 1.18. The molecule has 494 valence electrons. The van der Waals surface area contributed by atoms with E-state index in [9.17, 15) is 0 Å². The van der Waals surface area contributed by atoms with E-state index in [0.717, 1.165) is 5.69 Å². The Morgan fingerprint density at radius 1 is 0.113 bits per heavy atom. The Morgan fingerprint density at radius 3 is 0.632 bits per heavy atom. The van der Waals surface area contributed by atoms with E-state index in [0.29, 0.717) is 0 Å². The van der Waals surface area contributed by atoms with Crippen molar-refractivity contribution in [3.05, 3.63) is 400 Å². The number of rotatable bonds is 9. The van der Waals surface area contributed by atoms with Gasteiger partial charge in [0.05, 0.1) is 44.1 Å². The van der Waals surface area contributed by atoms with Gasteiger partial charge in [-0.05, 0) is 185 Å². The van der Waals surface area contributed by atoms with Crippen LogP contribution in [0.1, 0.15) is 0 Å². The number of hydrogen-bond acceptors (Lipinski definition) is 0. The number of para-hydroxylation sites is 4. The smallest absolute Gasteiger partial charge is 0.0547 e. The van der Waals surface area contributed by atoms with Gasteiger partial charge in [0.1, 0.15) is 0 Å². The predicted octanol–water partition coefficient (Wildman–Crippen LogP) is 27.6. The van der Waals surface area contributed by atoms with Crippen LogP contribution in [0.4, 0.5) is 0 Å². The molecule has 0 spiro atoms. The zero-order valence-corrected chi connectivity index (χ0v) is 57.9. The first-order valence-electron chi connectivity index (χ1n) is 36.5. The molecule has 0 radical (unpaired) electrons. The van der Waals surface area contributed by atoms with Crippen LogP contribution in [0.25, 0.3) is 198 Å². The molecule has 0 unspecified atom stereocenters. The number of nitrogens with zero attached hydrogens (tertiary/aromatic N) is 4. The second-order valence-corrected chi connectivity index (χ2v) is 28.0. The Kier molecular flexibility index (Phi) is 14.2. The molecule has 0 fully saturated rings. The van der Waals surface area contributed by atoms with Gasteiger partial charge in [0.15, 0.2) is 0 Å². The fraction of sp³-hybridized carbons (Fsp3) is 0. The zero-order valence-electron chi connectivity index (χ0n) is 57.9. The highest BCUT2D eigenvalue weighted by molar-refractivity contribution is 6.14. The molecule has 0 saturated heterocycles. The molecule has 106 heavy (non-hydrogen) atoms. The molecule has 18 aromatic carbocycles. The minimum atomic E-state index is 1.16. The molecule has 0 atom stereocenters. The summed E-state index contributed by atoms with van der Waals surface area (Å²) in [6, 6.07) is 146. The van der Waals surface area contributed by atoms with Crippen LogP contribution in [-0.2, 0) is 0 Å². The molecule has 4 heterocycles. The van der Waals surface area contributed by atoms with Gasteiger partial charge >= 0.3 is 0 Å². The van der Waals surface area contributed by atoms with Gasteiger partial charge in [0, 0.05) is 65.8 Å². The molecule has 0 aliphatic carbocycles. The molecule has 22 rings (SSSR count). The summed E-state index contributed by atoms with van der Waals surface area (Å²) in [6.07, 6.45) is 0. The van der Waals surface area contributed by atoms with Crippen LogP contribution in [0.3, 0.4) is 0 Å². The molecule has 0 bridgehead atoms. The molecular weight excluding hydrogens is 1280 g/mol. The third kappa shape index (κ3) is 10.2. The van der Waals surface area contributed by atoms with Crippen LogP contribution in [0.5, 0.6) is 0 Å².